The van der Waals surface area contributed by atoms with E-state index in [1.54, 1.807) is 0 Å². The van der Waals surface area contributed by atoms with Crippen LogP contribution in [0.4, 0.5) is 14.6 Å². The zero-order chi connectivity index (χ0) is 13.4. The molecule has 0 unspecified atom stereocenters. The van der Waals surface area contributed by atoms with Gasteiger partial charge < -0.3 is 10.1 Å². The first kappa shape index (κ1) is 14.1. The van der Waals surface area contributed by atoms with Crippen LogP contribution in [-0.2, 0) is 10.0 Å². The van der Waals surface area contributed by atoms with Crippen molar-refractivity contribution in [2.24, 2.45) is 5.14 Å². The molecule has 0 aliphatic rings. The molecular weight excluding hydrogens is 375 g/mol. The maximum Gasteiger partial charge on any atom is 0.385 e. The molecule has 0 fully saturated rings. The maximum atomic E-state index is 12.6. The van der Waals surface area contributed by atoms with Gasteiger partial charge in [0.15, 0.2) is 4.90 Å². The van der Waals surface area contributed by atoms with Gasteiger partial charge in [0.2, 0.25) is 13.7 Å². The summed E-state index contributed by atoms with van der Waals surface area (Å²) in [6.45, 7) is 0. The lowest BCUT2D eigenvalue weighted by Gasteiger charge is -2.06. The number of pyridine rings is 1. The number of nitrogens with zero attached hydrogens (tertiary/aromatic N) is 2. The molecular formula is C6H4F2IN3O4S. The van der Waals surface area contributed by atoms with E-state index >= 15 is 0 Å². The fourth-order valence-corrected chi connectivity index (χ4v) is 2.50. The number of hydrogen-bond acceptors (Lipinski definition) is 5. The third-order valence-corrected chi connectivity index (χ3v) is 3.19. The lowest BCUT2D eigenvalue weighted by Crippen LogP contribution is -2.18. The van der Waals surface area contributed by atoms with E-state index in [-0.39, 0.29) is 3.70 Å². The summed E-state index contributed by atoms with van der Waals surface area (Å²) in [6.07, 6.45) is -3.21. The van der Waals surface area contributed by atoms with Crippen molar-refractivity contribution in [3.8, 4) is 0 Å². The number of aromatic nitrogens is 1. The second-order valence-corrected chi connectivity index (χ2v) is 5.39. The van der Waals surface area contributed by atoms with Gasteiger partial charge in [-0.3, -0.25) is 0 Å². The highest BCUT2D eigenvalue weighted by Crippen LogP contribution is 2.32. The molecule has 0 bridgehead atoms. The topological polar surface area (TPSA) is 116 Å². The van der Waals surface area contributed by atoms with Gasteiger partial charge in [-0.15, -0.1) is 0 Å². The highest BCUT2D eigenvalue weighted by Gasteiger charge is 2.33. The van der Waals surface area contributed by atoms with E-state index in [0.717, 1.165) is 6.07 Å². The summed E-state index contributed by atoms with van der Waals surface area (Å²) in [4.78, 5) is 11.4. The number of hydrogen-bond donors (Lipinski definition) is 1. The summed E-state index contributed by atoms with van der Waals surface area (Å²) < 4.78 is 47.3. The van der Waals surface area contributed by atoms with E-state index in [4.69, 9.17) is 0 Å². The van der Waals surface area contributed by atoms with Gasteiger partial charge in [-0.05, 0) is 9.91 Å². The Bertz CT molecular complexity index is 577. The summed E-state index contributed by atoms with van der Waals surface area (Å²) in [6, 6.07) is 0.734. The first-order valence-corrected chi connectivity index (χ1v) is 6.43. The number of alkyl halides is 2. The van der Waals surface area contributed by atoms with Gasteiger partial charge in [0, 0.05) is 28.7 Å². The third kappa shape index (κ3) is 3.04. The lowest BCUT2D eigenvalue weighted by molar-refractivity contribution is -0.392. The number of rotatable bonds is 3. The predicted octanol–water partition coefficient (Wildman–Crippen LogP) is 1.18. The predicted molar refractivity (Wildman–Crippen MR) is 59.9 cm³/mol. The summed E-state index contributed by atoms with van der Waals surface area (Å²) in [5, 5.41) is 15.2. The van der Waals surface area contributed by atoms with Crippen LogP contribution in [-0.4, -0.2) is 18.3 Å². The highest BCUT2D eigenvalue weighted by molar-refractivity contribution is 14.1. The molecule has 2 N–H and O–H groups in total. The van der Waals surface area contributed by atoms with Crippen LogP contribution < -0.4 is 5.14 Å². The summed E-state index contributed by atoms with van der Waals surface area (Å²) >= 11 is 1.46. The molecule has 0 saturated heterocycles. The van der Waals surface area contributed by atoms with E-state index in [1.165, 1.54) is 22.6 Å². The van der Waals surface area contributed by atoms with Crippen molar-refractivity contribution in [3.63, 3.8) is 0 Å². The molecule has 1 aromatic heterocycles. The van der Waals surface area contributed by atoms with E-state index in [2.05, 4.69) is 10.1 Å². The Morgan fingerprint density at radius 3 is 2.41 bits per heavy atom. The second-order valence-electron chi connectivity index (χ2n) is 2.79. The van der Waals surface area contributed by atoms with Crippen LogP contribution in [0.5, 0.6) is 0 Å². The molecule has 17 heavy (non-hydrogen) atoms. The van der Waals surface area contributed by atoms with Crippen LogP contribution in [0.1, 0.15) is 12.0 Å². The molecule has 0 atom stereocenters. The molecule has 0 spiro atoms. The SMILES string of the molecule is NS(=O)(=O)c1c(C(F)F)cc(I)nc1[N+](=O)[O-]. The van der Waals surface area contributed by atoms with Gasteiger partial charge in [-0.2, -0.15) is 0 Å². The monoisotopic (exact) mass is 379 g/mol. The number of halogens is 3. The van der Waals surface area contributed by atoms with Crippen molar-refractivity contribution in [2.45, 2.75) is 11.3 Å². The van der Waals surface area contributed by atoms with Crippen molar-refractivity contribution in [3.05, 3.63) is 25.4 Å². The molecule has 94 valence electrons. The quantitative estimate of drug-likeness (QED) is 0.366. The van der Waals surface area contributed by atoms with Crippen molar-refractivity contribution >= 4 is 38.4 Å². The molecule has 1 heterocycles. The van der Waals surface area contributed by atoms with Crippen LogP contribution in [0.2, 0.25) is 0 Å². The normalized spacial score (nSPS) is 11.8. The molecule has 0 amide bonds. The molecule has 0 aliphatic carbocycles. The summed E-state index contributed by atoms with van der Waals surface area (Å²) in [5.74, 6) is -1.20. The average Bonchev–Trinajstić information content (AvgIpc) is 2.14. The van der Waals surface area contributed by atoms with E-state index in [9.17, 15) is 27.3 Å². The standard InChI is InChI=1S/C6H4F2IN3O4S/c7-5(8)2-1-3(9)11-6(12(13)14)4(2)17(10,15)16/h1,5H,(H2,10,15,16). The Balaban J connectivity index is 3.79. The summed E-state index contributed by atoms with van der Waals surface area (Å²) in [5.41, 5.74) is -1.03. The van der Waals surface area contributed by atoms with Gasteiger partial charge in [-0.25, -0.2) is 22.3 Å². The number of sulfonamides is 1. The number of nitro groups is 1. The molecule has 0 aliphatic heterocycles. The Labute approximate surface area is 107 Å². The van der Waals surface area contributed by atoms with Crippen molar-refractivity contribution in [1.29, 1.82) is 0 Å². The Kier molecular flexibility index (Phi) is 3.93. The van der Waals surface area contributed by atoms with Crippen LogP contribution in [0.25, 0.3) is 0 Å². The second kappa shape index (κ2) is 4.73. The fraction of sp³-hybridized carbons (Fsp3) is 0.167. The zero-order valence-electron chi connectivity index (χ0n) is 7.80. The molecule has 11 heteroatoms. The van der Waals surface area contributed by atoms with Gasteiger partial charge in [0.1, 0.15) is 0 Å². The minimum atomic E-state index is -4.66. The van der Waals surface area contributed by atoms with Gasteiger partial charge in [-0.1, -0.05) is 0 Å². The van der Waals surface area contributed by atoms with Gasteiger partial charge in [0.05, 0.1) is 5.56 Å². The van der Waals surface area contributed by atoms with E-state index in [1.807, 2.05) is 0 Å². The molecule has 1 aromatic rings. The molecule has 7 nitrogen and oxygen atoms in total. The first-order chi connectivity index (χ1) is 7.64. The van der Waals surface area contributed by atoms with Crippen LogP contribution >= 0.6 is 22.6 Å². The molecule has 0 aromatic carbocycles. The zero-order valence-corrected chi connectivity index (χ0v) is 10.8. The Hall–Kier alpha value is -0.950. The van der Waals surface area contributed by atoms with Crippen molar-refractivity contribution in [2.75, 3.05) is 0 Å². The van der Waals surface area contributed by atoms with E-state index in [0.29, 0.717) is 0 Å². The average molecular weight is 379 g/mol. The summed E-state index contributed by atoms with van der Waals surface area (Å²) in [7, 11) is -4.66. The number of primary sulfonamides is 1. The molecule has 1 rings (SSSR count). The minimum absolute atomic E-state index is 0.128. The van der Waals surface area contributed by atoms with Crippen molar-refractivity contribution < 1.29 is 22.1 Å². The Morgan fingerprint density at radius 2 is 2.06 bits per heavy atom. The smallest absolute Gasteiger partial charge is 0.358 e. The van der Waals surface area contributed by atoms with E-state index < -0.39 is 37.6 Å². The van der Waals surface area contributed by atoms with Crippen molar-refractivity contribution in [1.82, 2.24) is 4.98 Å². The lowest BCUT2D eigenvalue weighted by atomic mass is 10.2. The molecule has 0 saturated carbocycles. The van der Waals surface area contributed by atoms with Gasteiger partial charge >= 0.3 is 5.82 Å². The third-order valence-electron chi connectivity index (χ3n) is 1.65. The maximum absolute atomic E-state index is 12.6. The Morgan fingerprint density at radius 1 is 1.53 bits per heavy atom. The fourth-order valence-electron chi connectivity index (χ4n) is 1.08. The van der Waals surface area contributed by atoms with Crippen LogP contribution in [0.3, 0.4) is 0 Å². The van der Waals surface area contributed by atoms with Crippen LogP contribution in [0, 0.1) is 13.8 Å². The first-order valence-electron chi connectivity index (χ1n) is 3.80. The largest absolute Gasteiger partial charge is 0.385 e. The minimum Gasteiger partial charge on any atom is -0.358 e. The molecule has 0 radical (unpaired) electrons. The number of nitrogens with two attached hydrogens (primary N) is 1. The van der Waals surface area contributed by atoms with Crippen LogP contribution in [0.15, 0.2) is 11.0 Å². The highest BCUT2D eigenvalue weighted by atomic mass is 127. The van der Waals surface area contributed by atoms with Gasteiger partial charge in [0.25, 0.3) is 6.43 Å².